The van der Waals surface area contributed by atoms with E-state index in [9.17, 15) is 0 Å². The summed E-state index contributed by atoms with van der Waals surface area (Å²) in [6, 6.07) is 6.35. The Morgan fingerprint density at radius 3 is 2.78 bits per heavy atom. The number of aryl methyl sites for hydroxylation is 2. The van der Waals surface area contributed by atoms with Crippen molar-refractivity contribution >= 4 is 28.4 Å². The SMILES string of the molecule is CCNc1nc(-c2cc(C)ccc2C)ncc1I. The zero-order valence-electron chi connectivity index (χ0n) is 10.8. The Hall–Kier alpha value is -1.17. The first-order valence-electron chi connectivity index (χ1n) is 5.96. The minimum atomic E-state index is 0.785. The van der Waals surface area contributed by atoms with E-state index in [2.05, 4.69) is 76.8 Å². The van der Waals surface area contributed by atoms with E-state index in [1.807, 2.05) is 6.20 Å². The zero-order valence-corrected chi connectivity index (χ0v) is 12.9. The molecule has 94 valence electrons. The minimum Gasteiger partial charge on any atom is -0.369 e. The fourth-order valence-electron chi connectivity index (χ4n) is 1.77. The predicted molar refractivity (Wildman–Crippen MR) is 83.8 cm³/mol. The van der Waals surface area contributed by atoms with Gasteiger partial charge in [-0.15, -0.1) is 0 Å². The van der Waals surface area contributed by atoms with Crippen molar-refractivity contribution in [2.24, 2.45) is 0 Å². The Balaban J connectivity index is 2.50. The molecule has 1 heterocycles. The quantitative estimate of drug-likeness (QED) is 0.853. The lowest BCUT2D eigenvalue weighted by atomic mass is 10.1. The van der Waals surface area contributed by atoms with E-state index in [1.165, 1.54) is 11.1 Å². The zero-order chi connectivity index (χ0) is 13.1. The molecule has 1 aromatic heterocycles. The highest BCUT2D eigenvalue weighted by Gasteiger charge is 2.08. The molecule has 0 aliphatic carbocycles. The van der Waals surface area contributed by atoms with Crippen LogP contribution in [0.4, 0.5) is 5.82 Å². The van der Waals surface area contributed by atoms with Crippen LogP contribution in [-0.4, -0.2) is 16.5 Å². The fraction of sp³-hybridized carbons (Fsp3) is 0.286. The van der Waals surface area contributed by atoms with Crippen molar-refractivity contribution in [2.75, 3.05) is 11.9 Å². The molecule has 0 atom stereocenters. The fourth-order valence-corrected chi connectivity index (χ4v) is 2.22. The lowest BCUT2D eigenvalue weighted by Crippen LogP contribution is -2.04. The van der Waals surface area contributed by atoms with Gasteiger partial charge in [0.05, 0.1) is 3.57 Å². The van der Waals surface area contributed by atoms with Crippen LogP contribution < -0.4 is 5.32 Å². The van der Waals surface area contributed by atoms with E-state index in [0.717, 1.165) is 27.3 Å². The number of hydrogen-bond acceptors (Lipinski definition) is 3. The van der Waals surface area contributed by atoms with E-state index in [-0.39, 0.29) is 0 Å². The standard InChI is InChI=1S/C14H16IN3/c1-4-16-14-12(15)8-17-13(18-14)11-7-9(2)5-6-10(11)3/h5-8H,4H2,1-3H3,(H,16,17,18). The second-order valence-electron chi connectivity index (χ2n) is 4.24. The van der Waals surface area contributed by atoms with Crippen LogP contribution in [0.25, 0.3) is 11.4 Å². The van der Waals surface area contributed by atoms with Crippen LogP contribution in [0.2, 0.25) is 0 Å². The number of rotatable bonds is 3. The van der Waals surface area contributed by atoms with Crippen molar-refractivity contribution < 1.29 is 0 Å². The minimum absolute atomic E-state index is 0.785. The maximum Gasteiger partial charge on any atom is 0.161 e. The van der Waals surface area contributed by atoms with Gasteiger partial charge in [0.1, 0.15) is 5.82 Å². The van der Waals surface area contributed by atoms with Crippen LogP contribution in [0.15, 0.2) is 24.4 Å². The lowest BCUT2D eigenvalue weighted by molar-refractivity contribution is 1.10. The highest BCUT2D eigenvalue weighted by Crippen LogP contribution is 2.24. The molecule has 1 aromatic carbocycles. The Kier molecular flexibility index (Phi) is 4.16. The van der Waals surface area contributed by atoms with E-state index in [0.29, 0.717) is 0 Å². The average Bonchev–Trinajstić information content (AvgIpc) is 2.35. The van der Waals surface area contributed by atoms with Crippen molar-refractivity contribution in [2.45, 2.75) is 20.8 Å². The molecule has 0 radical (unpaired) electrons. The molecule has 3 nitrogen and oxygen atoms in total. The lowest BCUT2D eigenvalue weighted by Gasteiger charge is -2.09. The molecule has 18 heavy (non-hydrogen) atoms. The molecular formula is C14H16IN3. The van der Waals surface area contributed by atoms with Crippen LogP contribution in [0.1, 0.15) is 18.1 Å². The molecule has 0 saturated carbocycles. The van der Waals surface area contributed by atoms with Gasteiger partial charge in [-0.25, -0.2) is 9.97 Å². The van der Waals surface area contributed by atoms with Gasteiger partial charge < -0.3 is 5.32 Å². The molecule has 0 aliphatic heterocycles. The van der Waals surface area contributed by atoms with Crippen molar-refractivity contribution in [1.82, 2.24) is 9.97 Å². The van der Waals surface area contributed by atoms with Gasteiger partial charge in [-0.1, -0.05) is 17.7 Å². The Labute approximate surface area is 121 Å². The van der Waals surface area contributed by atoms with Gasteiger partial charge in [0, 0.05) is 18.3 Å². The molecule has 0 aliphatic rings. The molecule has 0 saturated heterocycles. The number of aromatic nitrogens is 2. The third-order valence-corrected chi connectivity index (χ3v) is 3.51. The first kappa shape index (κ1) is 13.3. The Morgan fingerprint density at radius 2 is 2.06 bits per heavy atom. The second-order valence-corrected chi connectivity index (χ2v) is 5.40. The van der Waals surface area contributed by atoms with E-state index in [4.69, 9.17) is 0 Å². The van der Waals surface area contributed by atoms with Gasteiger partial charge in [0.25, 0.3) is 0 Å². The number of halogens is 1. The molecule has 0 fully saturated rings. The topological polar surface area (TPSA) is 37.8 Å². The summed E-state index contributed by atoms with van der Waals surface area (Å²) < 4.78 is 1.04. The molecule has 4 heteroatoms. The van der Waals surface area contributed by atoms with Crippen LogP contribution in [0.5, 0.6) is 0 Å². The summed E-state index contributed by atoms with van der Waals surface area (Å²) in [7, 11) is 0. The van der Waals surface area contributed by atoms with Crippen molar-refractivity contribution in [1.29, 1.82) is 0 Å². The number of benzene rings is 1. The third-order valence-electron chi connectivity index (χ3n) is 2.72. The number of hydrogen-bond donors (Lipinski definition) is 1. The summed E-state index contributed by atoms with van der Waals surface area (Å²) in [5.74, 6) is 1.69. The molecule has 0 amide bonds. The molecule has 0 spiro atoms. The van der Waals surface area contributed by atoms with Crippen LogP contribution in [-0.2, 0) is 0 Å². The molecule has 2 aromatic rings. The summed E-state index contributed by atoms with van der Waals surface area (Å²) >= 11 is 2.25. The smallest absolute Gasteiger partial charge is 0.161 e. The summed E-state index contributed by atoms with van der Waals surface area (Å²) in [6.45, 7) is 7.10. The highest BCUT2D eigenvalue weighted by molar-refractivity contribution is 14.1. The summed E-state index contributed by atoms with van der Waals surface area (Å²) in [5, 5.41) is 3.26. The first-order valence-corrected chi connectivity index (χ1v) is 7.03. The average molecular weight is 353 g/mol. The molecular weight excluding hydrogens is 337 g/mol. The van der Waals surface area contributed by atoms with E-state index in [1.54, 1.807) is 0 Å². The van der Waals surface area contributed by atoms with Crippen molar-refractivity contribution in [3.8, 4) is 11.4 Å². The second kappa shape index (κ2) is 5.65. The van der Waals surface area contributed by atoms with Crippen LogP contribution >= 0.6 is 22.6 Å². The largest absolute Gasteiger partial charge is 0.369 e. The maximum absolute atomic E-state index is 4.60. The van der Waals surface area contributed by atoms with Gasteiger partial charge >= 0.3 is 0 Å². The van der Waals surface area contributed by atoms with Crippen molar-refractivity contribution in [3.63, 3.8) is 0 Å². The Morgan fingerprint density at radius 1 is 1.28 bits per heavy atom. The number of anilines is 1. The summed E-state index contributed by atoms with van der Waals surface area (Å²) in [6.07, 6.45) is 1.86. The van der Waals surface area contributed by atoms with Crippen molar-refractivity contribution in [3.05, 3.63) is 39.1 Å². The van der Waals surface area contributed by atoms with Gasteiger partial charge in [-0.05, 0) is 55.0 Å². The molecule has 2 rings (SSSR count). The third kappa shape index (κ3) is 2.80. The first-order chi connectivity index (χ1) is 8.61. The van der Waals surface area contributed by atoms with E-state index < -0.39 is 0 Å². The maximum atomic E-state index is 4.60. The molecule has 1 N–H and O–H groups in total. The van der Waals surface area contributed by atoms with Crippen LogP contribution in [0.3, 0.4) is 0 Å². The van der Waals surface area contributed by atoms with Gasteiger partial charge in [-0.3, -0.25) is 0 Å². The highest BCUT2D eigenvalue weighted by atomic mass is 127. The molecule has 0 bridgehead atoms. The predicted octanol–water partition coefficient (Wildman–Crippen LogP) is 3.80. The number of nitrogens with zero attached hydrogens (tertiary/aromatic N) is 2. The van der Waals surface area contributed by atoms with Crippen LogP contribution in [0, 0.1) is 17.4 Å². The summed E-state index contributed by atoms with van der Waals surface area (Å²) in [5.41, 5.74) is 3.53. The Bertz CT molecular complexity index is 567. The van der Waals surface area contributed by atoms with Gasteiger partial charge in [-0.2, -0.15) is 0 Å². The molecule has 0 unspecified atom stereocenters. The summed E-state index contributed by atoms with van der Waals surface area (Å²) in [4.78, 5) is 9.04. The normalized spacial score (nSPS) is 10.4. The number of nitrogens with one attached hydrogen (secondary N) is 1. The van der Waals surface area contributed by atoms with Gasteiger partial charge in [0.15, 0.2) is 5.82 Å². The van der Waals surface area contributed by atoms with E-state index >= 15 is 0 Å². The monoisotopic (exact) mass is 353 g/mol. The van der Waals surface area contributed by atoms with Gasteiger partial charge in [0.2, 0.25) is 0 Å².